The van der Waals surface area contributed by atoms with Crippen molar-refractivity contribution in [1.29, 1.82) is 0 Å². The molecule has 25 heavy (non-hydrogen) atoms. The summed E-state index contributed by atoms with van der Waals surface area (Å²) in [6.07, 6.45) is 11.4. The van der Waals surface area contributed by atoms with E-state index in [0.717, 1.165) is 49.8 Å². The van der Waals surface area contributed by atoms with Crippen LogP contribution in [-0.2, 0) is 4.79 Å². The lowest BCUT2D eigenvalue weighted by Gasteiger charge is -2.40. The van der Waals surface area contributed by atoms with Gasteiger partial charge in [-0.2, -0.15) is 11.8 Å². The van der Waals surface area contributed by atoms with Gasteiger partial charge in [0.1, 0.15) is 0 Å². The molecule has 1 heterocycles. The predicted octanol–water partition coefficient (Wildman–Crippen LogP) is 5.53. The fraction of sp³-hybridized carbons (Fsp3) is 0.864. The number of hydrogen-bond acceptors (Lipinski definition) is 2. The Morgan fingerprint density at radius 3 is 2.64 bits per heavy atom. The van der Waals surface area contributed by atoms with Gasteiger partial charge in [0.15, 0.2) is 0 Å². The second-order valence-corrected chi connectivity index (χ2v) is 10.5. The molecular weight excluding hydrogens is 326 g/mol. The van der Waals surface area contributed by atoms with Crippen molar-refractivity contribution in [1.82, 2.24) is 4.90 Å². The van der Waals surface area contributed by atoms with Crippen LogP contribution in [0.15, 0.2) is 12.2 Å². The zero-order valence-electron chi connectivity index (χ0n) is 16.8. The molecule has 4 atom stereocenters. The van der Waals surface area contributed by atoms with Gasteiger partial charge in [0, 0.05) is 13.0 Å². The van der Waals surface area contributed by atoms with E-state index in [1.807, 2.05) is 11.8 Å². The Bertz CT molecular complexity index is 528. The summed E-state index contributed by atoms with van der Waals surface area (Å²) < 4.78 is 0. The molecule has 3 rings (SSSR count). The number of carbonyl (C=O) groups is 1. The van der Waals surface area contributed by atoms with Crippen molar-refractivity contribution >= 4 is 17.7 Å². The largest absolute Gasteiger partial charge is 0.336 e. The average Bonchev–Trinajstić information content (AvgIpc) is 3.18. The highest BCUT2D eigenvalue weighted by atomic mass is 32.2. The van der Waals surface area contributed by atoms with Crippen LogP contribution in [0.5, 0.6) is 0 Å². The van der Waals surface area contributed by atoms with Crippen LogP contribution in [0.3, 0.4) is 0 Å². The van der Waals surface area contributed by atoms with E-state index in [1.54, 1.807) is 0 Å². The third kappa shape index (κ3) is 3.31. The Labute approximate surface area is 159 Å². The maximum absolute atomic E-state index is 12.6. The molecule has 142 valence electrons. The van der Waals surface area contributed by atoms with Crippen molar-refractivity contribution in [2.75, 3.05) is 18.6 Å². The minimum Gasteiger partial charge on any atom is -0.336 e. The second-order valence-electron chi connectivity index (χ2n) is 9.51. The molecule has 0 aromatic carbocycles. The molecule has 1 amide bonds. The highest BCUT2D eigenvalue weighted by Gasteiger charge is 2.60. The predicted molar refractivity (Wildman–Crippen MR) is 109 cm³/mol. The Balaban J connectivity index is 1.60. The molecule has 3 heteroatoms. The van der Waals surface area contributed by atoms with Crippen LogP contribution in [-0.4, -0.2) is 35.4 Å². The molecule has 2 saturated carbocycles. The van der Waals surface area contributed by atoms with Crippen molar-refractivity contribution in [3.8, 4) is 0 Å². The molecule has 0 spiro atoms. The summed E-state index contributed by atoms with van der Waals surface area (Å²) in [5.74, 6) is 3.10. The van der Waals surface area contributed by atoms with E-state index in [-0.39, 0.29) is 0 Å². The van der Waals surface area contributed by atoms with E-state index < -0.39 is 0 Å². The van der Waals surface area contributed by atoms with E-state index in [2.05, 4.69) is 38.5 Å². The number of amides is 1. The van der Waals surface area contributed by atoms with Crippen molar-refractivity contribution in [2.45, 2.75) is 78.2 Å². The normalized spacial score (nSPS) is 36.2. The summed E-state index contributed by atoms with van der Waals surface area (Å²) in [7, 11) is 0. The van der Waals surface area contributed by atoms with Gasteiger partial charge in [-0.15, -0.1) is 0 Å². The molecule has 0 aromatic heterocycles. The van der Waals surface area contributed by atoms with E-state index in [4.69, 9.17) is 0 Å². The molecule has 3 fully saturated rings. The van der Waals surface area contributed by atoms with Gasteiger partial charge in [-0.3, -0.25) is 4.79 Å². The molecule has 2 nitrogen and oxygen atoms in total. The van der Waals surface area contributed by atoms with Gasteiger partial charge in [0.2, 0.25) is 5.91 Å². The Morgan fingerprint density at radius 1 is 1.28 bits per heavy atom. The molecule has 1 saturated heterocycles. The fourth-order valence-corrected chi connectivity index (χ4v) is 6.56. The van der Waals surface area contributed by atoms with Crippen LogP contribution in [0.25, 0.3) is 0 Å². The Hall–Kier alpha value is -0.440. The molecule has 3 unspecified atom stereocenters. The van der Waals surface area contributed by atoms with Crippen LogP contribution >= 0.6 is 11.8 Å². The van der Waals surface area contributed by atoms with E-state index in [1.165, 1.54) is 24.8 Å². The first-order valence-corrected chi connectivity index (χ1v) is 11.7. The molecule has 0 radical (unpaired) electrons. The van der Waals surface area contributed by atoms with Crippen LogP contribution in [0.2, 0.25) is 0 Å². The molecule has 1 aliphatic heterocycles. The molecule has 3 aliphatic rings. The third-order valence-electron chi connectivity index (χ3n) is 8.27. The standard InChI is InChI=1S/C22H37NOS/c1-16(14-18-15-17-10-11-22(18,4)21(17,2)3)19-8-6-12-23(19)20(24)9-7-13-25-5/h17-19H,1,6-15H2,2-5H3/t17?,18?,19-,22?/m0/s1. The Kier molecular flexibility index (Phi) is 5.63. The van der Waals surface area contributed by atoms with Gasteiger partial charge in [-0.1, -0.05) is 32.9 Å². The summed E-state index contributed by atoms with van der Waals surface area (Å²) in [5, 5.41) is 0. The number of thioether (sulfide) groups is 1. The quantitative estimate of drug-likeness (QED) is 0.438. The number of fused-ring (bicyclic) bond motifs is 2. The first kappa shape index (κ1) is 19.3. The van der Waals surface area contributed by atoms with Gasteiger partial charge in [0.25, 0.3) is 0 Å². The second kappa shape index (κ2) is 7.29. The van der Waals surface area contributed by atoms with Crippen LogP contribution < -0.4 is 0 Å². The number of likely N-dealkylation sites (tertiary alicyclic amines) is 1. The van der Waals surface area contributed by atoms with Gasteiger partial charge in [-0.25, -0.2) is 0 Å². The lowest BCUT2D eigenvalue weighted by molar-refractivity contribution is -0.131. The van der Waals surface area contributed by atoms with E-state index >= 15 is 0 Å². The molecule has 2 aliphatic carbocycles. The van der Waals surface area contributed by atoms with Gasteiger partial charge < -0.3 is 4.90 Å². The van der Waals surface area contributed by atoms with Crippen molar-refractivity contribution < 1.29 is 4.79 Å². The van der Waals surface area contributed by atoms with Crippen molar-refractivity contribution in [2.24, 2.45) is 22.7 Å². The SMILES string of the molecule is C=C(CC1CC2CCC1(C)C2(C)C)[C@@H]1CCCN1C(=O)CCCSC. The smallest absolute Gasteiger partial charge is 0.223 e. The monoisotopic (exact) mass is 363 g/mol. The van der Waals surface area contributed by atoms with E-state index in [0.29, 0.717) is 29.2 Å². The minimum atomic E-state index is 0.313. The zero-order chi connectivity index (χ0) is 18.2. The van der Waals surface area contributed by atoms with Crippen LogP contribution in [0, 0.1) is 22.7 Å². The van der Waals surface area contributed by atoms with Crippen LogP contribution in [0.1, 0.15) is 72.1 Å². The number of nitrogens with zero attached hydrogens (tertiary/aromatic N) is 1. The zero-order valence-corrected chi connectivity index (χ0v) is 17.6. The first-order valence-electron chi connectivity index (χ1n) is 10.3. The molecular formula is C22H37NOS. The number of rotatable bonds is 7. The first-order chi connectivity index (χ1) is 11.8. The van der Waals surface area contributed by atoms with Gasteiger partial charge in [-0.05, 0) is 79.6 Å². The number of carbonyl (C=O) groups excluding carboxylic acids is 1. The van der Waals surface area contributed by atoms with Gasteiger partial charge >= 0.3 is 0 Å². The summed E-state index contributed by atoms with van der Waals surface area (Å²) >= 11 is 1.83. The molecule has 0 N–H and O–H groups in total. The average molecular weight is 364 g/mol. The summed E-state index contributed by atoms with van der Waals surface area (Å²) in [4.78, 5) is 14.8. The van der Waals surface area contributed by atoms with E-state index in [9.17, 15) is 4.79 Å². The van der Waals surface area contributed by atoms with Gasteiger partial charge in [0.05, 0.1) is 6.04 Å². The van der Waals surface area contributed by atoms with Crippen LogP contribution in [0.4, 0.5) is 0 Å². The maximum Gasteiger partial charge on any atom is 0.223 e. The third-order valence-corrected chi connectivity index (χ3v) is 8.96. The minimum absolute atomic E-state index is 0.313. The highest BCUT2D eigenvalue weighted by molar-refractivity contribution is 7.98. The Morgan fingerprint density at radius 2 is 2.04 bits per heavy atom. The fourth-order valence-electron chi connectivity index (χ4n) is 6.13. The summed E-state index contributed by atoms with van der Waals surface area (Å²) in [6, 6.07) is 0.313. The highest BCUT2D eigenvalue weighted by Crippen LogP contribution is 2.69. The summed E-state index contributed by atoms with van der Waals surface area (Å²) in [6.45, 7) is 12.9. The van der Waals surface area contributed by atoms with Crippen molar-refractivity contribution in [3.05, 3.63) is 12.2 Å². The lowest BCUT2D eigenvalue weighted by atomic mass is 9.65. The summed E-state index contributed by atoms with van der Waals surface area (Å²) in [5.41, 5.74) is 2.28. The number of hydrogen-bond donors (Lipinski definition) is 0. The molecule has 0 aromatic rings. The topological polar surface area (TPSA) is 20.3 Å². The molecule has 2 bridgehead atoms. The van der Waals surface area contributed by atoms with Crippen molar-refractivity contribution in [3.63, 3.8) is 0 Å². The lowest BCUT2D eigenvalue weighted by Crippen LogP contribution is -2.38. The maximum atomic E-state index is 12.6.